The minimum atomic E-state index is 0.00463. The van der Waals surface area contributed by atoms with Crippen molar-refractivity contribution < 1.29 is 0 Å². The molecule has 0 rings (SSSR count). The van der Waals surface area contributed by atoms with Gasteiger partial charge in [0.25, 0.3) is 0 Å². The standard InChI is InChI=1S/C12H25Cl/c1-7-12(6,13)9-10(2)8-11(3,4)5/h10H,7-9H2,1-6H3. The molecule has 0 N–H and O–H groups in total. The third kappa shape index (κ3) is 7.37. The molecule has 0 aliphatic rings. The highest BCUT2D eigenvalue weighted by Crippen LogP contribution is 2.33. The zero-order valence-corrected chi connectivity index (χ0v) is 10.8. The maximum Gasteiger partial charge on any atom is 0.0418 e. The van der Waals surface area contributed by atoms with Gasteiger partial charge in [-0.15, -0.1) is 11.6 Å². The van der Waals surface area contributed by atoms with Crippen molar-refractivity contribution in [3.05, 3.63) is 0 Å². The highest BCUT2D eigenvalue weighted by molar-refractivity contribution is 6.23. The van der Waals surface area contributed by atoms with Gasteiger partial charge >= 0.3 is 0 Å². The molecular weight excluding hydrogens is 180 g/mol. The van der Waals surface area contributed by atoms with E-state index in [2.05, 4.69) is 41.5 Å². The van der Waals surface area contributed by atoms with Crippen LogP contribution in [0.25, 0.3) is 0 Å². The lowest BCUT2D eigenvalue weighted by Gasteiger charge is -2.28. The molecule has 0 amide bonds. The Hall–Kier alpha value is 0.290. The highest BCUT2D eigenvalue weighted by Gasteiger charge is 2.24. The molecule has 0 saturated heterocycles. The molecule has 0 saturated carbocycles. The van der Waals surface area contributed by atoms with Gasteiger partial charge < -0.3 is 0 Å². The molecule has 0 aromatic heterocycles. The van der Waals surface area contributed by atoms with E-state index in [-0.39, 0.29) is 4.87 Å². The van der Waals surface area contributed by atoms with Crippen molar-refractivity contribution in [2.75, 3.05) is 0 Å². The second-order valence-electron chi connectivity index (χ2n) is 5.84. The third-order valence-corrected chi connectivity index (χ3v) is 2.89. The van der Waals surface area contributed by atoms with E-state index in [1.54, 1.807) is 0 Å². The van der Waals surface area contributed by atoms with Crippen molar-refractivity contribution in [2.45, 2.75) is 65.7 Å². The Morgan fingerprint density at radius 2 is 1.54 bits per heavy atom. The van der Waals surface area contributed by atoms with Gasteiger partial charge in [-0.1, -0.05) is 34.6 Å². The maximum absolute atomic E-state index is 6.34. The summed E-state index contributed by atoms with van der Waals surface area (Å²) in [5.74, 6) is 0.724. The van der Waals surface area contributed by atoms with E-state index in [9.17, 15) is 0 Å². The summed E-state index contributed by atoms with van der Waals surface area (Å²) in [4.78, 5) is 0.00463. The third-order valence-electron chi connectivity index (χ3n) is 2.47. The molecule has 0 aliphatic carbocycles. The Balaban J connectivity index is 3.94. The minimum absolute atomic E-state index is 0.00463. The van der Waals surface area contributed by atoms with Gasteiger partial charge in [0.05, 0.1) is 0 Å². The van der Waals surface area contributed by atoms with Crippen LogP contribution in [-0.2, 0) is 0 Å². The van der Waals surface area contributed by atoms with Crippen molar-refractivity contribution in [1.82, 2.24) is 0 Å². The first-order valence-electron chi connectivity index (χ1n) is 5.35. The van der Waals surface area contributed by atoms with E-state index < -0.39 is 0 Å². The van der Waals surface area contributed by atoms with Crippen LogP contribution in [0.4, 0.5) is 0 Å². The molecule has 13 heavy (non-hydrogen) atoms. The zero-order chi connectivity index (χ0) is 10.7. The summed E-state index contributed by atoms with van der Waals surface area (Å²) in [6.45, 7) is 13.5. The molecule has 0 aromatic rings. The summed E-state index contributed by atoms with van der Waals surface area (Å²) < 4.78 is 0. The quantitative estimate of drug-likeness (QED) is 0.574. The van der Waals surface area contributed by atoms with Crippen LogP contribution in [0.15, 0.2) is 0 Å². The lowest BCUT2D eigenvalue weighted by molar-refractivity contribution is 0.278. The Morgan fingerprint density at radius 1 is 1.08 bits per heavy atom. The van der Waals surface area contributed by atoms with E-state index in [4.69, 9.17) is 11.6 Å². The second-order valence-corrected chi connectivity index (χ2v) is 6.75. The molecule has 0 nitrogen and oxygen atoms in total. The van der Waals surface area contributed by atoms with Gasteiger partial charge in [0.1, 0.15) is 0 Å². The summed E-state index contributed by atoms with van der Waals surface area (Å²) in [5.41, 5.74) is 0.431. The van der Waals surface area contributed by atoms with Crippen LogP contribution in [0.1, 0.15) is 60.8 Å². The van der Waals surface area contributed by atoms with Crippen molar-refractivity contribution in [2.24, 2.45) is 11.3 Å². The monoisotopic (exact) mass is 204 g/mol. The van der Waals surface area contributed by atoms with Gasteiger partial charge in [0, 0.05) is 4.87 Å². The van der Waals surface area contributed by atoms with Gasteiger partial charge in [0.15, 0.2) is 0 Å². The SMILES string of the molecule is CCC(C)(Cl)CC(C)CC(C)(C)C. The molecule has 2 unspecified atom stereocenters. The molecule has 0 aromatic carbocycles. The van der Waals surface area contributed by atoms with Gasteiger partial charge in [-0.25, -0.2) is 0 Å². The molecule has 80 valence electrons. The van der Waals surface area contributed by atoms with Crippen molar-refractivity contribution in [3.8, 4) is 0 Å². The number of alkyl halides is 1. The van der Waals surface area contributed by atoms with Crippen LogP contribution in [0.2, 0.25) is 0 Å². The molecule has 0 bridgehead atoms. The van der Waals surface area contributed by atoms with Crippen molar-refractivity contribution in [1.29, 1.82) is 0 Å². The summed E-state index contributed by atoms with van der Waals surface area (Å²) in [5, 5.41) is 0. The Labute approximate surface area is 89.1 Å². The lowest BCUT2D eigenvalue weighted by Crippen LogP contribution is -2.21. The molecule has 0 fully saturated rings. The van der Waals surface area contributed by atoms with Crippen LogP contribution in [0.5, 0.6) is 0 Å². The average molecular weight is 205 g/mol. The largest absolute Gasteiger partial charge is 0.120 e. The molecular formula is C12H25Cl. The molecule has 1 heteroatoms. The minimum Gasteiger partial charge on any atom is -0.120 e. The Morgan fingerprint density at radius 3 is 1.85 bits per heavy atom. The topological polar surface area (TPSA) is 0 Å². The van der Waals surface area contributed by atoms with Gasteiger partial charge in [0.2, 0.25) is 0 Å². The van der Waals surface area contributed by atoms with E-state index >= 15 is 0 Å². The number of halogens is 1. The fourth-order valence-electron chi connectivity index (χ4n) is 1.99. The number of hydrogen-bond acceptors (Lipinski definition) is 0. The van der Waals surface area contributed by atoms with Crippen molar-refractivity contribution >= 4 is 11.6 Å². The Kier molecular flexibility index (Phi) is 4.79. The van der Waals surface area contributed by atoms with Crippen LogP contribution >= 0.6 is 11.6 Å². The fourth-order valence-corrected chi connectivity index (χ4v) is 2.25. The van der Waals surface area contributed by atoms with Gasteiger partial charge in [-0.3, -0.25) is 0 Å². The summed E-state index contributed by atoms with van der Waals surface area (Å²) in [6.07, 6.45) is 3.45. The average Bonchev–Trinajstić information content (AvgIpc) is 1.81. The molecule has 0 heterocycles. The lowest BCUT2D eigenvalue weighted by atomic mass is 9.81. The van der Waals surface area contributed by atoms with E-state index in [1.807, 2.05) is 0 Å². The first kappa shape index (κ1) is 13.3. The molecule has 0 radical (unpaired) electrons. The summed E-state index contributed by atoms with van der Waals surface area (Å²) in [7, 11) is 0. The normalized spacial score (nSPS) is 19.6. The molecule has 0 aliphatic heterocycles. The van der Waals surface area contributed by atoms with Crippen LogP contribution in [0.3, 0.4) is 0 Å². The van der Waals surface area contributed by atoms with E-state index in [0.717, 1.165) is 18.8 Å². The van der Waals surface area contributed by atoms with Crippen LogP contribution in [-0.4, -0.2) is 4.87 Å². The molecule has 0 spiro atoms. The summed E-state index contributed by atoms with van der Waals surface area (Å²) >= 11 is 6.34. The Bertz CT molecular complexity index is 142. The second kappa shape index (κ2) is 4.68. The van der Waals surface area contributed by atoms with E-state index in [0.29, 0.717) is 5.41 Å². The van der Waals surface area contributed by atoms with Gasteiger partial charge in [-0.2, -0.15) is 0 Å². The molecule has 2 atom stereocenters. The first-order valence-corrected chi connectivity index (χ1v) is 5.73. The van der Waals surface area contributed by atoms with Gasteiger partial charge in [-0.05, 0) is 37.5 Å². The first-order chi connectivity index (χ1) is 5.66. The van der Waals surface area contributed by atoms with E-state index in [1.165, 1.54) is 6.42 Å². The summed E-state index contributed by atoms with van der Waals surface area (Å²) in [6, 6.07) is 0. The van der Waals surface area contributed by atoms with Crippen molar-refractivity contribution in [3.63, 3.8) is 0 Å². The van der Waals surface area contributed by atoms with Crippen LogP contribution in [0, 0.1) is 11.3 Å². The number of rotatable bonds is 4. The fraction of sp³-hybridized carbons (Fsp3) is 1.00. The smallest absolute Gasteiger partial charge is 0.0418 e. The zero-order valence-electron chi connectivity index (χ0n) is 10.1. The van der Waals surface area contributed by atoms with Crippen LogP contribution < -0.4 is 0 Å². The maximum atomic E-state index is 6.34. The number of hydrogen-bond donors (Lipinski definition) is 0. The highest BCUT2D eigenvalue weighted by atomic mass is 35.5. The predicted octanol–water partition coefficient (Wildman–Crippen LogP) is 4.86. The predicted molar refractivity (Wildman–Crippen MR) is 62.4 cm³/mol.